The van der Waals surface area contributed by atoms with E-state index in [9.17, 15) is 14.7 Å². The first-order valence-corrected chi connectivity index (χ1v) is 5.09. The second-order valence-corrected chi connectivity index (χ2v) is 3.95. The van der Waals surface area contributed by atoms with Crippen LogP contribution in [0, 0.1) is 20.8 Å². The largest absolute Gasteiger partial charge is 0.507 e. The lowest BCUT2D eigenvalue weighted by atomic mass is 9.99. The molecule has 0 unspecified atom stereocenters. The van der Waals surface area contributed by atoms with Crippen LogP contribution >= 0.6 is 0 Å². The third-order valence-electron chi connectivity index (χ3n) is 2.60. The predicted molar refractivity (Wildman–Crippen MR) is 63.9 cm³/mol. The number of carboxylic acid groups (broad SMARTS) is 1. The molecule has 0 amide bonds. The molecule has 0 bridgehead atoms. The van der Waals surface area contributed by atoms with Gasteiger partial charge in [0.15, 0.2) is 0 Å². The van der Waals surface area contributed by atoms with Crippen LogP contribution in [-0.2, 0) is 9.59 Å². The normalized spacial score (nSPS) is 11.4. The second-order valence-electron chi connectivity index (χ2n) is 3.95. The monoisotopic (exact) mass is 234 g/mol. The topological polar surface area (TPSA) is 74.6 Å². The maximum absolute atomic E-state index is 11.0. The van der Waals surface area contributed by atoms with Crippen molar-refractivity contribution in [2.24, 2.45) is 0 Å². The van der Waals surface area contributed by atoms with Crippen molar-refractivity contribution in [2.75, 3.05) is 0 Å². The minimum Gasteiger partial charge on any atom is -0.507 e. The van der Waals surface area contributed by atoms with E-state index in [0.717, 1.165) is 22.8 Å². The van der Waals surface area contributed by atoms with E-state index in [1.807, 2.05) is 19.9 Å². The van der Waals surface area contributed by atoms with Gasteiger partial charge in [0.25, 0.3) is 5.78 Å². The number of hydrogen-bond acceptors (Lipinski definition) is 3. The fourth-order valence-corrected chi connectivity index (χ4v) is 1.50. The van der Waals surface area contributed by atoms with E-state index < -0.39 is 11.8 Å². The van der Waals surface area contributed by atoms with Crippen molar-refractivity contribution in [1.29, 1.82) is 0 Å². The van der Waals surface area contributed by atoms with Crippen LogP contribution in [0.3, 0.4) is 0 Å². The first-order chi connectivity index (χ1) is 7.82. The van der Waals surface area contributed by atoms with Crippen molar-refractivity contribution >= 4 is 17.5 Å². The fourth-order valence-electron chi connectivity index (χ4n) is 1.50. The summed E-state index contributed by atoms with van der Waals surface area (Å²) in [7, 11) is 0. The van der Waals surface area contributed by atoms with Crippen LogP contribution in [0.4, 0.5) is 0 Å². The van der Waals surface area contributed by atoms with Crippen molar-refractivity contribution in [3.8, 4) is 0 Å². The molecule has 0 heterocycles. The Kier molecular flexibility index (Phi) is 3.68. The van der Waals surface area contributed by atoms with Gasteiger partial charge in [-0.1, -0.05) is 6.07 Å². The zero-order valence-electron chi connectivity index (χ0n) is 9.94. The number of aliphatic hydroxyl groups excluding tert-OH is 1. The molecule has 0 aromatic heterocycles. The molecule has 4 heteroatoms. The van der Waals surface area contributed by atoms with E-state index >= 15 is 0 Å². The van der Waals surface area contributed by atoms with Crippen molar-refractivity contribution in [3.05, 3.63) is 40.5 Å². The molecule has 0 radical (unpaired) electrons. The lowest BCUT2D eigenvalue weighted by molar-refractivity contribution is -0.146. The zero-order valence-corrected chi connectivity index (χ0v) is 9.94. The molecule has 0 aliphatic carbocycles. The van der Waals surface area contributed by atoms with Gasteiger partial charge >= 0.3 is 5.97 Å². The number of hydrogen-bond donors (Lipinski definition) is 2. The van der Waals surface area contributed by atoms with Crippen molar-refractivity contribution in [2.45, 2.75) is 20.8 Å². The predicted octanol–water partition coefficient (Wildman–Crippen LogP) is 2.16. The van der Waals surface area contributed by atoms with Gasteiger partial charge in [0.05, 0.1) is 0 Å². The lowest BCUT2D eigenvalue weighted by Crippen LogP contribution is -2.09. The van der Waals surface area contributed by atoms with Gasteiger partial charge in [0, 0.05) is 11.6 Å². The van der Waals surface area contributed by atoms with Crippen molar-refractivity contribution in [1.82, 2.24) is 0 Å². The highest BCUT2D eigenvalue weighted by molar-refractivity contribution is 6.38. The Labute approximate surface area is 99.2 Å². The highest BCUT2D eigenvalue weighted by Gasteiger charge is 2.12. The quantitative estimate of drug-likeness (QED) is 0.477. The number of aryl methyl sites for hydroxylation is 3. The molecular weight excluding hydrogens is 220 g/mol. The molecule has 0 fully saturated rings. The van der Waals surface area contributed by atoms with E-state index in [0.29, 0.717) is 5.56 Å². The summed E-state index contributed by atoms with van der Waals surface area (Å²) in [5.41, 5.74) is 3.31. The molecule has 0 saturated heterocycles. The maximum Gasteiger partial charge on any atom is 0.376 e. The number of ketones is 1. The average Bonchev–Trinajstić information content (AvgIpc) is 2.22. The van der Waals surface area contributed by atoms with Crippen LogP contribution in [0.1, 0.15) is 22.3 Å². The highest BCUT2D eigenvalue weighted by atomic mass is 16.4. The fraction of sp³-hybridized carbons (Fsp3) is 0.231. The number of carbonyl (C=O) groups is 2. The number of benzene rings is 1. The number of carbonyl (C=O) groups excluding carboxylic acids is 1. The van der Waals surface area contributed by atoms with Gasteiger partial charge in [0.1, 0.15) is 5.76 Å². The molecular formula is C13H14O4. The number of rotatable bonds is 3. The maximum atomic E-state index is 11.0. The van der Waals surface area contributed by atoms with E-state index in [4.69, 9.17) is 5.11 Å². The Hall–Kier alpha value is -2.10. The van der Waals surface area contributed by atoms with E-state index in [1.54, 1.807) is 13.0 Å². The molecule has 90 valence electrons. The Bertz CT molecular complexity index is 512. The van der Waals surface area contributed by atoms with Crippen LogP contribution in [0.25, 0.3) is 5.76 Å². The Balaban J connectivity index is 3.21. The molecule has 0 saturated carbocycles. The summed E-state index contributed by atoms with van der Waals surface area (Å²) >= 11 is 0. The molecule has 1 rings (SSSR count). The van der Waals surface area contributed by atoms with Gasteiger partial charge in [-0.2, -0.15) is 0 Å². The summed E-state index contributed by atoms with van der Waals surface area (Å²) in [6.45, 7) is 5.61. The average molecular weight is 234 g/mol. The molecule has 4 nitrogen and oxygen atoms in total. The van der Waals surface area contributed by atoms with Crippen LogP contribution in [0.5, 0.6) is 0 Å². The van der Waals surface area contributed by atoms with E-state index in [2.05, 4.69) is 0 Å². The summed E-state index contributed by atoms with van der Waals surface area (Å²) in [5, 5.41) is 18.2. The third kappa shape index (κ3) is 2.93. The molecule has 1 aromatic rings. The SMILES string of the molecule is Cc1cc(C)c(C(O)=CC(=O)C(=O)O)cc1C. The van der Waals surface area contributed by atoms with Gasteiger partial charge in [-0.15, -0.1) is 0 Å². The molecule has 0 aliphatic heterocycles. The lowest BCUT2D eigenvalue weighted by Gasteiger charge is -2.08. The summed E-state index contributed by atoms with van der Waals surface area (Å²) in [6.07, 6.45) is 0.722. The Morgan fingerprint density at radius 2 is 1.53 bits per heavy atom. The zero-order chi connectivity index (χ0) is 13.2. The molecule has 0 spiro atoms. The summed E-state index contributed by atoms with van der Waals surface area (Å²) in [6, 6.07) is 3.60. The summed E-state index contributed by atoms with van der Waals surface area (Å²) < 4.78 is 0. The summed E-state index contributed by atoms with van der Waals surface area (Å²) in [4.78, 5) is 21.3. The smallest absolute Gasteiger partial charge is 0.376 e. The van der Waals surface area contributed by atoms with Crippen LogP contribution in [0.15, 0.2) is 18.2 Å². The number of aliphatic hydroxyl groups is 1. The minimum atomic E-state index is -1.59. The van der Waals surface area contributed by atoms with Gasteiger partial charge in [0.2, 0.25) is 0 Å². The molecule has 1 aromatic carbocycles. The van der Waals surface area contributed by atoms with Gasteiger partial charge in [-0.3, -0.25) is 4.79 Å². The van der Waals surface area contributed by atoms with Gasteiger partial charge in [-0.05, 0) is 43.5 Å². The van der Waals surface area contributed by atoms with Crippen LogP contribution in [-0.4, -0.2) is 22.0 Å². The molecule has 17 heavy (non-hydrogen) atoms. The number of carboxylic acids is 1. The molecule has 2 N–H and O–H groups in total. The van der Waals surface area contributed by atoms with Crippen molar-refractivity contribution in [3.63, 3.8) is 0 Å². The van der Waals surface area contributed by atoms with Gasteiger partial charge in [-0.25, -0.2) is 4.79 Å². The van der Waals surface area contributed by atoms with Gasteiger partial charge < -0.3 is 10.2 Å². The summed E-state index contributed by atoms with van der Waals surface area (Å²) in [5.74, 6) is -3.05. The second kappa shape index (κ2) is 4.82. The first-order valence-electron chi connectivity index (χ1n) is 5.09. The first kappa shape index (κ1) is 13.0. The van der Waals surface area contributed by atoms with Crippen molar-refractivity contribution < 1.29 is 19.8 Å². The minimum absolute atomic E-state index is 0.321. The molecule has 0 atom stereocenters. The standard InChI is InChI=1S/C13H14O4/c1-7-4-9(3)10(5-8(7)2)11(14)6-12(15)13(16)17/h4-6,14H,1-3H3,(H,16,17). The third-order valence-corrected chi connectivity index (χ3v) is 2.60. The Morgan fingerprint density at radius 1 is 1.00 bits per heavy atom. The Morgan fingerprint density at radius 3 is 2.06 bits per heavy atom. The highest BCUT2D eigenvalue weighted by Crippen LogP contribution is 2.21. The number of aliphatic carboxylic acids is 1. The van der Waals surface area contributed by atoms with Crippen LogP contribution < -0.4 is 0 Å². The van der Waals surface area contributed by atoms with E-state index in [1.165, 1.54) is 0 Å². The van der Waals surface area contributed by atoms with Crippen LogP contribution in [0.2, 0.25) is 0 Å². The van der Waals surface area contributed by atoms with E-state index in [-0.39, 0.29) is 5.76 Å². The molecule has 0 aliphatic rings.